The average molecular weight is 337 g/mol. The molecule has 7 nitrogen and oxygen atoms in total. The van der Waals surface area contributed by atoms with Crippen LogP contribution in [0.5, 0.6) is 0 Å². The fraction of sp³-hybridized carbons (Fsp3) is 0.222. The number of aromatic nitrogens is 1. The van der Waals surface area contributed by atoms with Crippen molar-refractivity contribution in [3.8, 4) is 0 Å². The van der Waals surface area contributed by atoms with Crippen molar-refractivity contribution in [2.24, 2.45) is 10.7 Å². The van der Waals surface area contributed by atoms with Gasteiger partial charge in [-0.15, -0.1) is 0 Å². The van der Waals surface area contributed by atoms with Crippen molar-refractivity contribution in [1.82, 2.24) is 9.88 Å². The zero-order valence-electron chi connectivity index (χ0n) is 14.1. The summed E-state index contributed by atoms with van der Waals surface area (Å²) in [5.74, 6) is -0.218. The van der Waals surface area contributed by atoms with E-state index in [9.17, 15) is 9.59 Å². The van der Waals surface area contributed by atoms with Gasteiger partial charge in [0.25, 0.3) is 5.91 Å². The molecule has 0 saturated heterocycles. The molecule has 0 bridgehead atoms. The van der Waals surface area contributed by atoms with Crippen LogP contribution in [0, 0.1) is 0 Å². The van der Waals surface area contributed by atoms with Gasteiger partial charge in [-0.2, -0.15) is 0 Å². The number of benzene rings is 1. The third-order valence-electron chi connectivity index (χ3n) is 4.21. The molecule has 2 heterocycles. The minimum atomic E-state index is -0.764. The Morgan fingerprint density at radius 2 is 2.08 bits per heavy atom. The fourth-order valence-corrected chi connectivity index (χ4v) is 2.70. The highest BCUT2D eigenvalue weighted by Crippen LogP contribution is 2.34. The number of aliphatic imine (C=N–C) groups is 1. The summed E-state index contributed by atoms with van der Waals surface area (Å²) >= 11 is 0. The molecule has 0 aliphatic carbocycles. The molecule has 1 aromatic heterocycles. The van der Waals surface area contributed by atoms with Crippen molar-refractivity contribution < 1.29 is 9.59 Å². The number of anilines is 1. The van der Waals surface area contributed by atoms with Gasteiger partial charge in [0.05, 0.1) is 12.0 Å². The van der Waals surface area contributed by atoms with Gasteiger partial charge < -0.3 is 11.1 Å². The van der Waals surface area contributed by atoms with Gasteiger partial charge in [-0.25, -0.2) is 4.99 Å². The minimum Gasteiger partial charge on any atom is -0.369 e. The summed E-state index contributed by atoms with van der Waals surface area (Å²) in [7, 11) is 1.60. The molecule has 128 valence electrons. The Hall–Kier alpha value is -3.22. The van der Waals surface area contributed by atoms with E-state index in [4.69, 9.17) is 5.73 Å². The highest BCUT2D eigenvalue weighted by atomic mass is 16.2. The number of nitrogens with two attached hydrogens (primary N) is 1. The van der Waals surface area contributed by atoms with Crippen LogP contribution in [-0.2, 0) is 10.3 Å². The SMILES string of the molecule is CN1C(=O)C[C@@](C)(c2cccc(NC(=O)c3ccccn3)c2)N=C1N. The number of carbonyl (C=O) groups excluding carboxylic acids is 2. The van der Waals surface area contributed by atoms with Gasteiger partial charge in [-0.1, -0.05) is 18.2 Å². The van der Waals surface area contributed by atoms with Crippen molar-refractivity contribution in [2.45, 2.75) is 18.9 Å². The maximum absolute atomic E-state index is 12.2. The monoisotopic (exact) mass is 337 g/mol. The number of nitrogens with zero attached hydrogens (tertiary/aromatic N) is 3. The summed E-state index contributed by atoms with van der Waals surface area (Å²) in [5.41, 5.74) is 6.83. The fourth-order valence-electron chi connectivity index (χ4n) is 2.70. The van der Waals surface area contributed by atoms with E-state index in [-0.39, 0.29) is 24.2 Å². The molecule has 7 heteroatoms. The Morgan fingerprint density at radius 3 is 2.76 bits per heavy atom. The highest BCUT2D eigenvalue weighted by molar-refractivity contribution is 6.03. The van der Waals surface area contributed by atoms with Crippen LogP contribution in [0.25, 0.3) is 0 Å². The van der Waals surface area contributed by atoms with Crippen LogP contribution in [0.3, 0.4) is 0 Å². The molecule has 0 spiro atoms. The average Bonchev–Trinajstić information content (AvgIpc) is 2.60. The van der Waals surface area contributed by atoms with Crippen LogP contribution in [-0.4, -0.2) is 34.7 Å². The Morgan fingerprint density at radius 1 is 1.28 bits per heavy atom. The van der Waals surface area contributed by atoms with Gasteiger partial charge in [-0.05, 0) is 36.8 Å². The zero-order valence-corrected chi connectivity index (χ0v) is 14.1. The van der Waals surface area contributed by atoms with E-state index in [2.05, 4.69) is 15.3 Å². The summed E-state index contributed by atoms with van der Waals surface area (Å²) in [6.45, 7) is 1.85. The lowest BCUT2D eigenvalue weighted by molar-refractivity contribution is -0.128. The van der Waals surface area contributed by atoms with E-state index in [1.165, 1.54) is 4.90 Å². The predicted octanol–water partition coefficient (Wildman–Crippen LogP) is 1.73. The first-order valence-corrected chi connectivity index (χ1v) is 7.84. The molecule has 3 N–H and O–H groups in total. The summed E-state index contributed by atoms with van der Waals surface area (Å²) in [6, 6.07) is 12.4. The summed E-state index contributed by atoms with van der Waals surface area (Å²) in [6.07, 6.45) is 1.77. The summed E-state index contributed by atoms with van der Waals surface area (Å²) < 4.78 is 0. The Labute approximate surface area is 145 Å². The first-order chi connectivity index (χ1) is 11.9. The number of nitrogens with one attached hydrogen (secondary N) is 1. The van der Waals surface area contributed by atoms with Crippen LogP contribution < -0.4 is 11.1 Å². The van der Waals surface area contributed by atoms with E-state index >= 15 is 0 Å². The number of amides is 2. The van der Waals surface area contributed by atoms with Crippen molar-refractivity contribution in [1.29, 1.82) is 0 Å². The Bertz CT molecular complexity index is 850. The smallest absolute Gasteiger partial charge is 0.274 e. The van der Waals surface area contributed by atoms with Crippen molar-refractivity contribution >= 4 is 23.5 Å². The second-order valence-corrected chi connectivity index (χ2v) is 6.12. The van der Waals surface area contributed by atoms with Gasteiger partial charge in [0, 0.05) is 18.9 Å². The van der Waals surface area contributed by atoms with Crippen LogP contribution in [0.1, 0.15) is 29.4 Å². The second-order valence-electron chi connectivity index (χ2n) is 6.12. The molecule has 2 aromatic rings. The lowest BCUT2D eigenvalue weighted by Gasteiger charge is -2.33. The van der Waals surface area contributed by atoms with Crippen LogP contribution in [0.15, 0.2) is 53.7 Å². The van der Waals surface area contributed by atoms with Gasteiger partial charge in [0.1, 0.15) is 5.69 Å². The van der Waals surface area contributed by atoms with E-state index in [1.54, 1.807) is 43.6 Å². The lowest BCUT2D eigenvalue weighted by atomic mass is 9.87. The van der Waals surface area contributed by atoms with E-state index < -0.39 is 5.54 Å². The molecule has 0 fully saturated rings. The predicted molar refractivity (Wildman–Crippen MR) is 95.0 cm³/mol. The topological polar surface area (TPSA) is 101 Å². The number of carbonyl (C=O) groups is 2. The maximum atomic E-state index is 12.2. The zero-order chi connectivity index (χ0) is 18.0. The van der Waals surface area contributed by atoms with E-state index in [1.807, 2.05) is 19.1 Å². The molecule has 0 saturated carbocycles. The molecule has 25 heavy (non-hydrogen) atoms. The second kappa shape index (κ2) is 6.35. The molecule has 1 aliphatic rings. The Balaban J connectivity index is 1.87. The number of pyridine rings is 1. The molecular formula is C18H19N5O2. The van der Waals surface area contributed by atoms with Gasteiger partial charge >= 0.3 is 0 Å². The van der Waals surface area contributed by atoms with Crippen molar-refractivity contribution in [3.05, 3.63) is 59.9 Å². The number of rotatable bonds is 3. The standard InChI is InChI=1S/C18H19N5O2/c1-18(11-15(24)23(2)17(19)22-18)12-6-5-7-13(10-12)21-16(25)14-8-3-4-9-20-14/h3-10H,11H2,1-2H3,(H2,19,22)(H,21,25)/t18-/m0/s1. The van der Waals surface area contributed by atoms with Crippen LogP contribution in [0.4, 0.5) is 5.69 Å². The molecule has 1 atom stereocenters. The van der Waals surface area contributed by atoms with Crippen LogP contribution in [0.2, 0.25) is 0 Å². The molecule has 0 unspecified atom stereocenters. The van der Waals surface area contributed by atoms with Gasteiger partial charge in [0.15, 0.2) is 5.96 Å². The van der Waals surface area contributed by atoms with Crippen molar-refractivity contribution in [2.75, 3.05) is 12.4 Å². The Kier molecular flexibility index (Phi) is 4.22. The number of hydrogen-bond acceptors (Lipinski definition) is 5. The summed E-state index contributed by atoms with van der Waals surface area (Å²) in [5, 5.41) is 2.81. The first-order valence-electron chi connectivity index (χ1n) is 7.84. The summed E-state index contributed by atoms with van der Waals surface area (Å²) in [4.78, 5) is 34.2. The largest absolute Gasteiger partial charge is 0.369 e. The molecule has 1 aliphatic heterocycles. The molecule has 1 aromatic carbocycles. The minimum absolute atomic E-state index is 0.0991. The van der Waals surface area contributed by atoms with Crippen LogP contribution >= 0.6 is 0 Å². The van der Waals surface area contributed by atoms with Crippen molar-refractivity contribution in [3.63, 3.8) is 0 Å². The highest BCUT2D eigenvalue weighted by Gasteiger charge is 2.36. The van der Waals surface area contributed by atoms with Gasteiger partial charge in [-0.3, -0.25) is 19.5 Å². The maximum Gasteiger partial charge on any atom is 0.274 e. The number of hydrogen-bond donors (Lipinski definition) is 2. The molecular weight excluding hydrogens is 318 g/mol. The molecule has 3 rings (SSSR count). The quantitative estimate of drug-likeness (QED) is 0.890. The third kappa shape index (κ3) is 3.35. The molecule has 0 radical (unpaired) electrons. The lowest BCUT2D eigenvalue weighted by Crippen LogP contribution is -2.47. The third-order valence-corrected chi connectivity index (χ3v) is 4.21. The van der Waals surface area contributed by atoms with E-state index in [0.717, 1.165) is 5.56 Å². The van der Waals surface area contributed by atoms with Gasteiger partial charge in [0.2, 0.25) is 5.91 Å². The normalized spacial score (nSPS) is 20.2. The van der Waals surface area contributed by atoms with E-state index in [0.29, 0.717) is 11.4 Å². The first kappa shape index (κ1) is 16.6. The number of guanidine groups is 1. The molecule has 2 amide bonds.